The summed E-state index contributed by atoms with van der Waals surface area (Å²) < 4.78 is 8.50. The van der Waals surface area contributed by atoms with Crippen molar-refractivity contribution < 1.29 is 14.3 Å². The fourth-order valence-electron chi connectivity index (χ4n) is 0.896. The smallest absolute Gasteiger partial charge is 0.295 e. The van der Waals surface area contributed by atoms with E-state index in [4.69, 9.17) is 44.3 Å². The first kappa shape index (κ1) is 15.5. The van der Waals surface area contributed by atoms with E-state index in [1.54, 1.807) is 0 Å². The summed E-state index contributed by atoms with van der Waals surface area (Å²) >= 11 is 16.6. The largest absolute Gasteiger partial charge is 0.438 e. The van der Waals surface area contributed by atoms with Crippen molar-refractivity contribution in [3.05, 3.63) is 0 Å². The standard InChI is InChI=1S/C8H15Cl3O3Si/c1-15(2,3)4-7(14-6-12)13-5-8(9,10)11/h6-7H,4-5H2,1-3H3. The molecule has 0 saturated heterocycles. The predicted molar refractivity (Wildman–Crippen MR) is 65.3 cm³/mol. The topological polar surface area (TPSA) is 35.5 Å². The van der Waals surface area contributed by atoms with Gasteiger partial charge in [-0.1, -0.05) is 54.4 Å². The summed E-state index contributed by atoms with van der Waals surface area (Å²) in [6, 6.07) is 0.673. The van der Waals surface area contributed by atoms with Crippen molar-refractivity contribution in [3.63, 3.8) is 0 Å². The fraction of sp³-hybridized carbons (Fsp3) is 0.875. The van der Waals surface area contributed by atoms with E-state index in [9.17, 15) is 4.79 Å². The molecule has 90 valence electrons. The number of halogens is 3. The molecule has 3 nitrogen and oxygen atoms in total. The van der Waals surface area contributed by atoms with Crippen molar-refractivity contribution in [2.75, 3.05) is 6.61 Å². The fourth-order valence-corrected chi connectivity index (χ4v) is 2.30. The Morgan fingerprint density at radius 3 is 2.20 bits per heavy atom. The molecule has 0 aliphatic heterocycles. The van der Waals surface area contributed by atoms with Gasteiger partial charge in [0.1, 0.15) is 0 Å². The second-order valence-electron chi connectivity index (χ2n) is 4.35. The number of hydrogen-bond donors (Lipinski definition) is 0. The maximum atomic E-state index is 10.2. The normalized spacial score (nSPS) is 14.8. The van der Waals surface area contributed by atoms with Crippen molar-refractivity contribution >= 4 is 49.3 Å². The molecule has 0 rings (SSSR count). The number of rotatable bonds is 6. The molecule has 0 radical (unpaired) electrons. The van der Waals surface area contributed by atoms with Crippen LogP contribution >= 0.6 is 34.8 Å². The maximum Gasteiger partial charge on any atom is 0.295 e. The van der Waals surface area contributed by atoms with E-state index in [1.165, 1.54) is 0 Å². The Labute approximate surface area is 106 Å². The Kier molecular flexibility index (Phi) is 6.52. The molecule has 0 bridgehead atoms. The molecule has 0 aliphatic carbocycles. The summed E-state index contributed by atoms with van der Waals surface area (Å²) in [4.78, 5) is 10.2. The lowest BCUT2D eigenvalue weighted by Gasteiger charge is -2.24. The van der Waals surface area contributed by atoms with E-state index in [2.05, 4.69) is 19.6 Å². The molecule has 0 heterocycles. The highest BCUT2D eigenvalue weighted by Crippen LogP contribution is 2.27. The summed E-state index contributed by atoms with van der Waals surface area (Å²) in [5, 5.41) is 0. The Morgan fingerprint density at radius 2 is 1.87 bits per heavy atom. The summed E-state index contributed by atoms with van der Waals surface area (Å²) in [6.45, 7) is 6.65. The third-order valence-corrected chi connectivity index (χ3v) is 3.30. The van der Waals surface area contributed by atoms with Crippen LogP contribution in [0.3, 0.4) is 0 Å². The number of alkyl halides is 3. The van der Waals surface area contributed by atoms with Crippen LogP contribution in [-0.4, -0.2) is 31.2 Å². The molecular weight excluding hydrogens is 279 g/mol. The van der Waals surface area contributed by atoms with E-state index >= 15 is 0 Å². The van der Waals surface area contributed by atoms with Crippen LogP contribution in [0.15, 0.2) is 0 Å². The number of carbonyl (C=O) groups excluding carboxylic acids is 1. The molecule has 0 N–H and O–H groups in total. The zero-order chi connectivity index (χ0) is 12.1. The third kappa shape index (κ3) is 10.8. The molecule has 0 saturated carbocycles. The van der Waals surface area contributed by atoms with E-state index < -0.39 is 18.2 Å². The minimum absolute atomic E-state index is 0.0966. The van der Waals surface area contributed by atoms with Gasteiger partial charge in [-0.2, -0.15) is 0 Å². The van der Waals surface area contributed by atoms with Gasteiger partial charge in [0.25, 0.3) is 6.47 Å². The minimum atomic E-state index is -1.48. The molecule has 1 atom stereocenters. The Bertz CT molecular complexity index is 200. The molecule has 0 spiro atoms. The summed E-state index contributed by atoms with van der Waals surface area (Å²) in [5.74, 6) is 0. The molecule has 7 heteroatoms. The molecule has 0 amide bonds. The Hall–Kier alpha value is 0.517. The van der Waals surface area contributed by atoms with Crippen LogP contribution in [0, 0.1) is 0 Å². The quantitative estimate of drug-likeness (QED) is 0.326. The van der Waals surface area contributed by atoms with Crippen LogP contribution in [0.4, 0.5) is 0 Å². The minimum Gasteiger partial charge on any atom is -0.438 e. The maximum absolute atomic E-state index is 10.2. The predicted octanol–water partition coefficient (Wildman–Crippen LogP) is 3.21. The van der Waals surface area contributed by atoms with Crippen LogP contribution in [-0.2, 0) is 14.3 Å². The molecule has 0 aromatic carbocycles. The Balaban J connectivity index is 4.11. The van der Waals surface area contributed by atoms with E-state index in [0.717, 1.165) is 0 Å². The summed E-state index contributed by atoms with van der Waals surface area (Å²) in [5.41, 5.74) is 0. The van der Waals surface area contributed by atoms with Crippen LogP contribution < -0.4 is 0 Å². The number of ether oxygens (including phenoxy) is 2. The van der Waals surface area contributed by atoms with Gasteiger partial charge in [-0.3, -0.25) is 4.79 Å². The first-order valence-electron chi connectivity index (χ1n) is 4.41. The van der Waals surface area contributed by atoms with E-state index in [-0.39, 0.29) is 6.61 Å². The molecule has 1 unspecified atom stereocenters. The lowest BCUT2D eigenvalue weighted by Crippen LogP contribution is -2.32. The zero-order valence-electron chi connectivity index (χ0n) is 8.93. The van der Waals surface area contributed by atoms with Crippen LogP contribution in [0.2, 0.25) is 25.7 Å². The van der Waals surface area contributed by atoms with Crippen molar-refractivity contribution in [2.24, 2.45) is 0 Å². The molecule has 0 fully saturated rings. The highest BCUT2D eigenvalue weighted by atomic mass is 35.6. The van der Waals surface area contributed by atoms with Gasteiger partial charge in [-0.25, -0.2) is 0 Å². The van der Waals surface area contributed by atoms with Gasteiger partial charge >= 0.3 is 0 Å². The van der Waals surface area contributed by atoms with Crippen LogP contribution in [0.25, 0.3) is 0 Å². The molecule has 0 aromatic heterocycles. The second-order valence-corrected chi connectivity index (χ2v) is 12.4. The lowest BCUT2D eigenvalue weighted by molar-refractivity contribution is -0.159. The van der Waals surface area contributed by atoms with Gasteiger partial charge in [0.2, 0.25) is 3.79 Å². The van der Waals surface area contributed by atoms with Crippen LogP contribution in [0.5, 0.6) is 0 Å². The molecule has 15 heavy (non-hydrogen) atoms. The average molecular weight is 294 g/mol. The van der Waals surface area contributed by atoms with Gasteiger partial charge in [-0.15, -0.1) is 0 Å². The molecular formula is C8H15Cl3O3Si. The average Bonchev–Trinajstić information content (AvgIpc) is 1.96. The highest BCUT2D eigenvalue weighted by Gasteiger charge is 2.26. The first-order valence-corrected chi connectivity index (χ1v) is 9.25. The molecule has 0 aliphatic rings. The SMILES string of the molecule is C[Si](C)(C)CC(OC=O)OCC(Cl)(Cl)Cl. The van der Waals surface area contributed by atoms with Gasteiger partial charge < -0.3 is 9.47 Å². The second kappa shape index (κ2) is 6.30. The lowest BCUT2D eigenvalue weighted by atomic mass is 10.7. The van der Waals surface area contributed by atoms with Crippen molar-refractivity contribution in [2.45, 2.75) is 35.8 Å². The van der Waals surface area contributed by atoms with Crippen molar-refractivity contribution in [3.8, 4) is 0 Å². The van der Waals surface area contributed by atoms with Crippen LogP contribution in [0.1, 0.15) is 0 Å². The Morgan fingerprint density at radius 1 is 1.33 bits per heavy atom. The summed E-state index contributed by atoms with van der Waals surface area (Å²) in [7, 11) is -1.39. The number of carbonyl (C=O) groups is 1. The highest BCUT2D eigenvalue weighted by molar-refractivity contribution is 6.76. The first-order chi connectivity index (χ1) is 6.64. The number of hydrogen-bond acceptors (Lipinski definition) is 3. The van der Waals surface area contributed by atoms with E-state index in [0.29, 0.717) is 12.5 Å². The van der Waals surface area contributed by atoms with E-state index in [1.807, 2.05) is 0 Å². The summed E-state index contributed by atoms with van der Waals surface area (Å²) in [6.07, 6.45) is -0.621. The van der Waals surface area contributed by atoms with Gasteiger partial charge in [0.05, 0.1) is 14.7 Å². The van der Waals surface area contributed by atoms with Gasteiger partial charge in [0, 0.05) is 6.04 Å². The van der Waals surface area contributed by atoms with Crippen molar-refractivity contribution in [1.82, 2.24) is 0 Å². The van der Waals surface area contributed by atoms with Crippen molar-refractivity contribution in [1.29, 1.82) is 0 Å². The monoisotopic (exact) mass is 292 g/mol. The zero-order valence-corrected chi connectivity index (χ0v) is 12.2. The van der Waals surface area contributed by atoms with Gasteiger partial charge in [0.15, 0.2) is 6.29 Å². The van der Waals surface area contributed by atoms with Gasteiger partial charge in [-0.05, 0) is 0 Å². The molecule has 0 aromatic rings. The third-order valence-electron chi connectivity index (χ3n) is 1.42.